The molecule has 0 bridgehead atoms. The molecule has 1 aliphatic rings. The number of amides is 4. The Balaban J connectivity index is 1.90. The maximum atomic E-state index is 13.7. The van der Waals surface area contributed by atoms with Crippen molar-refractivity contribution in [1.82, 2.24) is 15.1 Å². The van der Waals surface area contributed by atoms with E-state index in [0.29, 0.717) is 13.0 Å². The lowest BCUT2D eigenvalue weighted by Crippen LogP contribution is -2.34. The first-order valence-corrected chi connectivity index (χ1v) is 7.73. The highest BCUT2D eigenvalue weighted by molar-refractivity contribution is 6.01. The lowest BCUT2D eigenvalue weighted by molar-refractivity contribution is -0.132. The van der Waals surface area contributed by atoms with Gasteiger partial charge in [0.15, 0.2) is 0 Å². The molecule has 1 aromatic rings. The maximum absolute atomic E-state index is 13.7. The molecule has 0 radical (unpaired) electrons. The van der Waals surface area contributed by atoms with Gasteiger partial charge in [-0.3, -0.25) is 14.5 Å². The number of hydrogen-bond donors (Lipinski definition) is 1. The van der Waals surface area contributed by atoms with Gasteiger partial charge in [0.1, 0.15) is 11.6 Å². The first kappa shape index (κ1) is 17.8. The van der Waals surface area contributed by atoms with Gasteiger partial charge < -0.3 is 10.2 Å². The molecule has 1 N–H and O–H groups in total. The summed E-state index contributed by atoms with van der Waals surface area (Å²) in [6.07, 6.45) is 0.384. The molecule has 0 aromatic heterocycles. The van der Waals surface area contributed by atoms with Crippen LogP contribution in [0.2, 0.25) is 0 Å². The van der Waals surface area contributed by atoms with Crippen LogP contribution in [0.25, 0.3) is 0 Å². The van der Waals surface area contributed by atoms with E-state index in [9.17, 15) is 23.2 Å². The van der Waals surface area contributed by atoms with Gasteiger partial charge in [-0.2, -0.15) is 0 Å². The molecule has 0 saturated carbocycles. The second-order valence-electron chi connectivity index (χ2n) is 5.42. The Bertz CT molecular complexity index is 615. The summed E-state index contributed by atoms with van der Waals surface area (Å²) in [5.74, 6) is -2.00. The van der Waals surface area contributed by atoms with Gasteiger partial charge in [0.2, 0.25) is 11.8 Å². The highest BCUT2D eigenvalue weighted by atomic mass is 19.1. The largest absolute Gasteiger partial charge is 0.338 e. The average Bonchev–Trinajstić information content (AvgIpc) is 2.86. The first-order valence-electron chi connectivity index (χ1n) is 7.73. The number of urea groups is 1. The van der Waals surface area contributed by atoms with Crippen molar-refractivity contribution < 1.29 is 23.2 Å². The summed E-state index contributed by atoms with van der Waals surface area (Å²) in [6, 6.07) is 3.10. The van der Waals surface area contributed by atoms with Crippen molar-refractivity contribution >= 4 is 17.8 Å². The molecule has 0 spiro atoms. The van der Waals surface area contributed by atoms with E-state index in [2.05, 4.69) is 5.32 Å². The molecule has 1 saturated heterocycles. The van der Waals surface area contributed by atoms with Gasteiger partial charge in [-0.05, 0) is 25.5 Å². The van der Waals surface area contributed by atoms with Crippen LogP contribution in [0.5, 0.6) is 0 Å². The average molecular weight is 339 g/mol. The van der Waals surface area contributed by atoms with Crippen molar-refractivity contribution in [2.45, 2.75) is 26.3 Å². The standard InChI is InChI=1S/C16H19F2N3O3/c1-2-20(10-11-12(17)5-3-6-13(11)18)14(22)7-4-8-21-15(23)9-19-16(21)24/h3,5-6H,2,4,7-10H2,1H3,(H,19,24). The van der Waals surface area contributed by atoms with Gasteiger partial charge >= 0.3 is 6.03 Å². The number of halogens is 2. The molecule has 8 heteroatoms. The summed E-state index contributed by atoms with van der Waals surface area (Å²) in [7, 11) is 0. The van der Waals surface area contributed by atoms with Crippen LogP contribution in [-0.2, 0) is 16.1 Å². The molecule has 1 aromatic carbocycles. The fraction of sp³-hybridized carbons (Fsp3) is 0.438. The summed E-state index contributed by atoms with van der Waals surface area (Å²) >= 11 is 0. The smallest absolute Gasteiger partial charge is 0.324 e. The monoisotopic (exact) mass is 339 g/mol. The van der Waals surface area contributed by atoms with Crippen LogP contribution in [0, 0.1) is 11.6 Å². The molecule has 24 heavy (non-hydrogen) atoms. The minimum absolute atomic E-state index is 0.0274. The fourth-order valence-corrected chi connectivity index (χ4v) is 2.48. The molecule has 2 rings (SSSR count). The van der Waals surface area contributed by atoms with Gasteiger partial charge in [-0.15, -0.1) is 0 Å². The van der Waals surface area contributed by atoms with E-state index in [1.165, 1.54) is 11.0 Å². The number of benzene rings is 1. The van der Waals surface area contributed by atoms with Gasteiger partial charge in [0.25, 0.3) is 0 Å². The third-order valence-electron chi connectivity index (χ3n) is 3.85. The number of rotatable bonds is 7. The molecule has 1 aliphatic heterocycles. The topological polar surface area (TPSA) is 69.7 Å². The quantitative estimate of drug-likeness (QED) is 0.768. The Morgan fingerprint density at radius 2 is 1.96 bits per heavy atom. The Morgan fingerprint density at radius 1 is 1.29 bits per heavy atom. The van der Waals surface area contributed by atoms with Crippen molar-refractivity contribution in [3.8, 4) is 0 Å². The Hall–Kier alpha value is -2.51. The van der Waals surface area contributed by atoms with Crippen molar-refractivity contribution in [3.05, 3.63) is 35.4 Å². The number of nitrogens with one attached hydrogen (secondary N) is 1. The SMILES string of the molecule is CCN(Cc1c(F)cccc1F)C(=O)CCCN1C(=O)CNC1=O. The molecular weight excluding hydrogens is 320 g/mol. The molecule has 4 amide bonds. The highest BCUT2D eigenvalue weighted by Crippen LogP contribution is 2.15. The van der Waals surface area contributed by atoms with E-state index in [1.54, 1.807) is 6.92 Å². The Morgan fingerprint density at radius 3 is 2.50 bits per heavy atom. The Kier molecular flexibility index (Phi) is 5.83. The first-order chi connectivity index (χ1) is 11.4. The molecule has 0 atom stereocenters. The predicted molar refractivity (Wildman–Crippen MR) is 81.8 cm³/mol. The van der Waals surface area contributed by atoms with Crippen LogP contribution in [-0.4, -0.2) is 47.3 Å². The van der Waals surface area contributed by atoms with E-state index in [4.69, 9.17) is 0 Å². The molecule has 1 fully saturated rings. The Labute approximate surface area is 138 Å². The van der Waals surface area contributed by atoms with Crippen LogP contribution < -0.4 is 5.32 Å². The molecule has 0 unspecified atom stereocenters. The molecule has 6 nitrogen and oxygen atoms in total. The normalized spacial score (nSPS) is 14.0. The summed E-state index contributed by atoms with van der Waals surface area (Å²) in [5.41, 5.74) is -0.151. The summed E-state index contributed by atoms with van der Waals surface area (Å²) in [5, 5.41) is 2.40. The number of carbonyl (C=O) groups is 3. The van der Waals surface area contributed by atoms with Crippen LogP contribution >= 0.6 is 0 Å². The van der Waals surface area contributed by atoms with E-state index in [-0.39, 0.29) is 43.4 Å². The van der Waals surface area contributed by atoms with E-state index in [0.717, 1.165) is 17.0 Å². The summed E-state index contributed by atoms with van der Waals surface area (Å²) < 4.78 is 27.4. The van der Waals surface area contributed by atoms with Crippen molar-refractivity contribution in [1.29, 1.82) is 0 Å². The van der Waals surface area contributed by atoms with Gasteiger partial charge in [0.05, 0.1) is 13.1 Å². The molecule has 0 aliphatic carbocycles. The zero-order valence-corrected chi connectivity index (χ0v) is 13.3. The van der Waals surface area contributed by atoms with Gasteiger partial charge in [0, 0.05) is 25.1 Å². The zero-order chi connectivity index (χ0) is 17.7. The van der Waals surface area contributed by atoms with E-state index < -0.39 is 17.7 Å². The lowest BCUT2D eigenvalue weighted by atomic mass is 10.1. The predicted octanol–water partition coefficient (Wildman–Crippen LogP) is 1.65. The summed E-state index contributed by atoms with van der Waals surface area (Å²) in [6.45, 7) is 1.98. The zero-order valence-electron chi connectivity index (χ0n) is 13.3. The van der Waals surface area contributed by atoms with Crippen molar-refractivity contribution in [3.63, 3.8) is 0 Å². The maximum Gasteiger partial charge on any atom is 0.324 e. The highest BCUT2D eigenvalue weighted by Gasteiger charge is 2.28. The fourth-order valence-electron chi connectivity index (χ4n) is 2.48. The number of carbonyl (C=O) groups excluding carboxylic acids is 3. The van der Waals surface area contributed by atoms with Crippen molar-refractivity contribution in [2.24, 2.45) is 0 Å². The van der Waals surface area contributed by atoms with Gasteiger partial charge in [-0.1, -0.05) is 6.07 Å². The number of nitrogens with zero attached hydrogens (tertiary/aromatic N) is 2. The lowest BCUT2D eigenvalue weighted by Gasteiger charge is -2.22. The van der Waals surface area contributed by atoms with Crippen LogP contribution in [0.4, 0.5) is 13.6 Å². The minimum Gasteiger partial charge on any atom is -0.338 e. The van der Waals surface area contributed by atoms with Gasteiger partial charge in [-0.25, -0.2) is 13.6 Å². The van der Waals surface area contributed by atoms with Crippen LogP contribution in [0.15, 0.2) is 18.2 Å². The third-order valence-corrected chi connectivity index (χ3v) is 3.85. The number of hydrogen-bond acceptors (Lipinski definition) is 3. The second kappa shape index (κ2) is 7.85. The molecule has 130 valence electrons. The molecular formula is C16H19F2N3O3. The third kappa shape index (κ3) is 4.06. The number of imide groups is 1. The van der Waals surface area contributed by atoms with Crippen molar-refractivity contribution in [2.75, 3.05) is 19.6 Å². The van der Waals surface area contributed by atoms with Crippen LogP contribution in [0.3, 0.4) is 0 Å². The molecule has 1 heterocycles. The second-order valence-corrected chi connectivity index (χ2v) is 5.42. The summed E-state index contributed by atoms with van der Waals surface area (Å²) in [4.78, 5) is 37.4. The van der Waals surface area contributed by atoms with E-state index >= 15 is 0 Å². The van der Waals surface area contributed by atoms with Crippen LogP contribution in [0.1, 0.15) is 25.3 Å². The minimum atomic E-state index is -0.694. The van der Waals surface area contributed by atoms with E-state index in [1.807, 2.05) is 0 Å².